The number of hydrogen-bond donors (Lipinski definition) is 0. The van der Waals surface area contributed by atoms with Gasteiger partial charge in [-0.05, 0) is 6.92 Å². The molecule has 0 amide bonds. The zero-order valence-electron chi connectivity index (χ0n) is 5.01. The number of sulfonamides is 1. The minimum atomic E-state index is -5.25. The fourth-order valence-electron chi connectivity index (χ4n) is 0.243. The SMILES string of the molecule is CC[N]S(=O)(=O)C(F)(F)F. The van der Waals surface area contributed by atoms with Crippen LogP contribution >= 0.6 is 0 Å². The van der Waals surface area contributed by atoms with Crippen molar-refractivity contribution in [3.8, 4) is 0 Å². The molecule has 0 saturated heterocycles. The van der Waals surface area contributed by atoms with E-state index in [9.17, 15) is 21.6 Å². The van der Waals surface area contributed by atoms with Gasteiger partial charge < -0.3 is 0 Å². The van der Waals surface area contributed by atoms with E-state index in [1.165, 1.54) is 6.92 Å². The Bertz CT molecular complexity index is 194. The summed E-state index contributed by atoms with van der Waals surface area (Å²) >= 11 is 0. The van der Waals surface area contributed by atoms with Gasteiger partial charge in [0.1, 0.15) is 0 Å². The lowest BCUT2D eigenvalue weighted by molar-refractivity contribution is -0.0448. The van der Waals surface area contributed by atoms with Gasteiger partial charge in [0.25, 0.3) is 0 Å². The number of hydrogen-bond acceptors (Lipinski definition) is 2. The molecule has 0 heterocycles. The van der Waals surface area contributed by atoms with Crippen LogP contribution in [0, 0.1) is 0 Å². The van der Waals surface area contributed by atoms with Crippen molar-refractivity contribution in [2.45, 2.75) is 12.4 Å². The molecule has 0 rings (SSSR count). The van der Waals surface area contributed by atoms with Gasteiger partial charge >= 0.3 is 15.5 Å². The molecule has 0 aromatic rings. The van der Waals surface area contributed by atoms with Crippen LogP contribution in [0.4, 0.5) is 13.2 Å². The average molecular weight is 176 g/mol. The first kappa shape index (κ1) is 9.70. The maximum atomic E-state index is 11.3. The molecule has 0 aromatic carbocycles. The summed E-state index contributed by atoms with van der Waals surface area (Å²) < 4.78 is 56.3. The second kappa shape index (κ2) is 2.75. The van der Waals surface area contributed by atoms with Gasteiger partial charge in [-0.1, -0.05) is 0 Å². The minimum absolute atomic E-state index is 0.387. The third-order valence-corrected chi connectivity index (χ3v) is 1.77. The minimum Gasteiger partial charge on any atom is -0.201 e. The molecule has 0 aliphatic heterocycles. The normalized spacial score (nSPS) is 13.6. The Morgan fingerprint density at radius 1 is 1.40 bits per heavy atom. The maximum absolute atomic E-state index is 11.3. The zero-order valence-corrected chi connectivity index (χ0v) is 5.83. The van der Waals surface area contributed by atoms with E-state index in [0.29, 0.717) is 0 Å². The van der Waals surface area contributed by atoms with Gasteiger partial charge in [0, 0.05) is 6.54 Å². The molecular weight excluding hydrogens is 171 g/mol. The summed E-state index contributed by atoms with van der Waals surface area (Å²) in [6.45, 7) is 0.825. The van der Waals surface area contributed by atoms with Crippen LogP contribution in [0.5, 0.6) is 0 Å². The van der Waals surface area contributed by atoms with Crippen molar-refractivity contribution < 1.29 is 21.6 Å². The van der Waals surface area contributed by atoms with Gasteiger partial charge in [0.05, 0.1) is 0 Å². The summed E-state index contributed by atoms with van der Waals surface area (Å²) in [5.41, 5.74) is -5.25. The summed E-state index contributed by atoms with van der Waals surface area (Å²) in [7, 11) is -5.22. The highest BCUT2D eigenvalue weighted by molar-refractivity contribution is 7.90. The van der Waals surface area contributed by atoms with Crippen LogP contribution in [0.15, 0.2) is 0 Å². The highest BCUT2D eigenvalue weighted by Crippen LogP contribution is 2.21. The average Bonchev–Trinajstić information content (AvgIpc) is 1.61. The van der Waals surface area contributed by atoms with E-state index in [1.807, 2.05) is 0 Å². The summed E-state index contributed by atoms with van der Waals surface area (Å²) in [6.07, 6.45) is 0. The maximum Gasteiger partial charge on any atom is 0.512 e. The molecule has 0 bridgehead atoms. The Kier molecular flexibility index (Phi) is 2.67. The third-order valence-electron chi connectivity index (χ3n) is 0.592. The summed E-state index contributed by atoms with van der Waals surface area (Å²) in [5, 5.41) is 0. The molecule has 61 valence electrons. The topological polar surface area (TPSA) is 48.2 Å². The molecule has 0 aliphatic rings. The van der Waals surface area contributed by atoms with Crippen LogP contribution < -0.4 is 4.72 Å². The summed E-state index contributed by atoms with van der Waals surface area (Å²) in [6, 6.07) is 0. The van der Waals surface area contributed by atoms with E-state index >= 15 is 0 Å². The first-order valence-electron chi connectivity index (χ1n) is 2.31. The monoisotopic (exact) mass is 176 g/mol. The molecule has 0 saturated carbocycles. The fraction of sp³-hybridized carbons (Fsp3) is 1.00. The molecular formula is C3H5F3NO2S. The highest BCUT2D eigenvalue weighted by Gasteiger charge is 2.46. The molecule has 0 N–H and O–H groups in total. The van der Waals surface area contributed by atoms with Gasteiger partial charge in [-0.3, -0.25) is 0 Å². The molecule has 3 nitrogen and oxygen atoms in total. The first-order valence-corrected chi connectivity index (χ1v) is 3.75. The Labute approximate surface area is 56.3 Å². The molecule has 0 aliphatic carbocycles. The van der Waals surface area contributed by atoms with Crippen molar-refractivity contribution >= 4 is 10.0 Å². The molecule has 0 spiro atoms. The van der Waals surface area contributed by atoms with Crippen LogP contribution in [-0.2, 0) is 10.0 Å². The Hall–Kier alpha value is -0.300. The Morgan fingerprint density at radius 3 is 1.90 bits per heavy atom. The number of alkyl halides is 3. The van der Waals surface area contributed by atoms with E-state index in [-0.39, 0.29) is 6.54 Å². The van der Waals surface area contributed by atoms with Crippen LogP contribution in [0.2, 0.25) is 0 Å². The van der Waals surface area contributed by atoms with Crippen LogP contribution in [-0.4, -0.2) is 20.5 Å². The van der Waals surface area contributed by atoms with Gasteiger partial charge in [-0.25, -0.2) is 8.42 Å². The van der Waals surface area contributed by atoms with E-state index in [1.54, 1.807) is 0 Å². The quantitative estimate of drug-likeness (QED) is 0.613. The molecule has 0 fully saturated rings. The van der Waals surface area contributed by atoms with E-state index in [4.69, 9.17) is 0 Å². The highest BCUT2D eigenvalue weighted by atomic mass is 32.2. The van der Waals surface area contributed by atoms with Gasteiger partial charge in [-0.2, -0.15) is 13.2 Å². The van der Waals surface area contributed by atoms with Crippen LogP contribution in [0.1, 0.15) is 6.92 Å². The van der Waals surface area contributed by atoms with Gasteiger partial charge in [0.2, 0.25) is 0 Å². The smallest absolute Gasteiger partial charge is 0.201 e. The van der Waals surface area contributed by atoms with Crippen LogP contribution in [0.25, 0.3) is 0 Å². The first-order chi connectivity index (χ1) is 4.31. The van der Waals surface area contributed by atoms with Crippen molar-refractivity contribution in [2.24, 2.45) is 0 Å². The van der Waals surface area contributed by atoms with E-state index in [0.717, 1.165) is 0 Å². The lowest BCUT2D eigenvalue weighted by atomic mass is 10.8. The number of rotatable bonds is 2. The number of nitrogens with zero attached hydrogens (tertiary/aromatic N) is 1. The Balaban J connectivity index is 4.44. The van der Waals surface area contributed by atoms with Gasteiger partial charge in [-0.15, -0.1) is 4.72 Å². The molecule has 7 heteroatoms. The van der Waals surface area contributed by atoms with E-state index in [2.05, 4.69) is 4.72 Å². The van der Waals surface area contributed by atoms with Crippen molar-refractivity contribution in [2.75, 3.05) is 6.54 Å². The lowest BCUT2D eigenvalue weighted by Gasteiger charge is -2.04. The Morgan fingerprint density at radius 2 is 1.80 bits per heavy atom. The summed E-state index contributed by atoms with van der Waals surface area (Å²) in [4.78, 5) is 0. The van der Waals surface area contributed by atoms with Crippen molar-refractivity contribution in [1.29, 1.82) is 0 Å². The molecule has 0 aromatic heterocycles. The van der Waals surface area contributed by atoms with Gasteiger partial charge in [0.15, 0.2) is 0 Å². The van der Waals surface area contributed by atoms with E-state index < -0.39 is 15.5 Å². The van der Waals surface area contributed by atoms with Crippen molar-refractivity contribution in [1.82, 2.24) is 4.72 Å². The second-order valence-corrected chi connectivity index (χ2v) is 3.04. The molecule has 0 atom stereocenters. The van der Waals surface area contributed by atoms with Crippen molar-refractivity contribution in [3.63, 3.8) is 0 Å². The largest absolute Gasteiger partial charge is 0.512 e. The molecule has 0 unspecified atom stereocenters. The third kappa shape index (κ3) is 2.14. The second-order valence-electron chi connectivity index (χ2n) is 1.37. The predicted molar refractivity (Wildman–Crippen MR) is 27.6 cm³/mol. The molecule has 10 heavy (non-hydrogen) atoms. The lowest BCUT2D eigenvalue weighted by Crippen LogP contribution is -2.31. The summed E-state index contributed by atoms with van der Waals surface area (Å²) in [5.74, 6) is 0. The van der Waals surface area contributed by atoms with Crippen molar-refractivity contribution in [3.05, 3.63) is 0 Å². The predicted octanol–water partition coefficient (Wildman–Crippen LogP) is 0.460. The zero-order chi connectivity index (χ0) is 8.41. The fourth-order valence-corrected chi connectivity index (χ4v) is 0.729. The number of halogens is 3. The van der Waals surface area contributed by atoms with Crippen LogP contribution in [0.3, 0.4) is 0 Å². The molecule has 1 radical (unpaired) electrons. The standard InChI is InChI=1S/C3H5F3NO2S/c1-2-7-10(8,9)3(4,5)6/h2H2,1H3.